The van der Waals surface area contributed by atoms with E-state index < -0.39 is 0 Å². The maximum atomic E-state index is 8.90. The Bertz CT molecular complexity index is 371. The van der Waals surface area contributed by atoms with Gasteiger partial charge < -0.3 is 10.1 Å². The lowest BCUT2D eigenvalue weighted by Crippen LogP contribution is -2.06. The third kappa shape index (κ3) is 3.87. The molecule has 1 aromatic heterocycles. The molecular weight excluding hydrogens is 202 g/mol. The van der Waals surface area contributed by atoms with Gasteiger partial charge in [0.15, 0.2) is 0 Å². The molecule has 0 bridgehead atoms. The summed E-state index contributed by atoms with van der Waals surface area (Å²) in [6.45, 7) is 3.50. The number of hydrogen-bond acceptors (Lipinski definition) is 4. The number of aromatic nitrogens is 1. The molecule has 4 heteroatoms. The van der Waals surface area contributed by atoms with Gasteiger partial charge in [-0.15, -0.1) is 0 Å². The van der Waals surface area contributed by atoms with Gasteiger partial charge in [-0.05, 0) is 31.9 Å². The standard InChI is InChI=1S/C12H17N3O/c1-10-5-6-11(9-13)12(15-10)14-7-3-4-8-16-2/h5-6H,3-4,7-8H2,1-2H3,(H,14,15). The van der Waals surface area contributed by atoms with Crippen LogP contribution < -0.4 is 5.32 Å². The molecule has 0 aliphatic rings. The van der Waals surface area contributed by atoms with Crippen molar-refractivity contribution < 1.29 is 4.74 Å². The van der Waals surface area contributed by atoms with E-state index in [4.69, 9.17) is 10.00 Å². The summed E-state index contributed by atoms with van der Waals surface area (Å²) in [5.41, 5.74) is 1.51. The van der Waals surface area contributed by atoms with Crippen molar-refractivity contribution in [2.24, 2.45) is 0 Å². The Kier molecular flexibility index (Phi) is 5.30. The molecule has 0 amide bonds. The highest BCUT2D eigenvalue weighted by molar-refractivity contribution is 5.52. The Balaban J connectivity index is 2.46. The molecule has 4 nitrogen and oxygen atoms in total. The Morgan fingerprint density at radius 3 is 2.94 bits per heavy atom. The van der Waals surface area contributed by atoms with Crippen molar-refractivity contribution in [3.05, 3.63) is 23.4 Å². The molecule has 1 aromatic rings. The number of rotatable bonds is 6. The van der Waals surface area contributed by atoms with Gasteiger partial charge in [0.1, 0.15) is 11.9 Å². The SMILES string of the molecule is COCCCCNc1nc(C)ccc1C#N. The second kappa shape index (κ2) is 6.81. The summed E-state index contributed by atoms with van der Waals surface area (Å²) in [6.07, 6.45) is 2.02. The fraction of sp³-hybridized carbons (Fsp3) is 0.500. The number of nitriles is 1. The lowest BCUT2D eigenvalue weighted by molar-refractivity contribution is 0.194. The zero-order valence-electron chi connectivity index (χ0n) is 9.79. The maximum absolute atomic E-state index is 8.90. The van der Waals surface area contributed by atoms with E-state index in [9.17, 15) is 0 Å². The van der Waals surface area contributed by atoms with E-state index in [2.05, 4.69) is 16.4 Å². The Hall–Kier alpha value is -1.60. The molecule has 16 heavy (non-hydrogen) atoms. The molecule has 86 valence electrons. The average Bonchev–Trinajstić information content (AvgIpc) is 2.29. The molecule has 0 fully saturated rings. The first-order chi connectivity index (χ1) is 7.77. The Morgan fingerprint density at radius 2 is 2.25 bits per heavy atom. The van der Waals surface area contributed by atoms with E-state index in [1.807, 2.05) is 13.0 Å². The number of methoxy groups -OCH3 is 1. The lowest BCUT2D eigenvalue weighted by atomic mass is 10.2. The first-order valence-electron chi connectivity index (χ1n) is 5.38. The molecule has 1 rings (SSSR count). The molecule has 0 spiro atoms. The van der Waals surface area contributed by atoms with Crippen LogP contribution in [0.2, 0.25) is 0 Å². The number of aryl methyl sites for hydroxylation is 1. The van der Waals surface area contributed by atoms with Gasteiger partial charge in [0.25, 0.3) is 0 Å². The van der Waals surface area contributed by atoms with Crippen LogP contribution in [0.25, 0.3) is 0 Å². The van der Waals surface area contributed by atoms with Crippen LogP contribution in [-0.2, 0) is 4.74 Å². The minimum absolute atomic E-state index is 0.595. The number of ether oxygens (including phenoxy) is 1. The maximum Gasteiger partial charge on any atom is 0.144 e. The van der Waals surface area contributed by atoms with E-state index in [-0.39, 0.29) is 0 Å². The van der Waals surface area contributed by atoms with Crippen LogP contribution in [0.3, 0.4) is 0 Å². The van der Waals surface area contributed by atoms with Crippen LogP contribution in [0.15, 0.2) is 12.1 Å². The van der Waals surface area contributed by atoms with Crippen molar-refractivity contribution in [1.29, 1.82) is 5.26 Å². The van der Waals surface area contributed by atoms with Gasteiger partial charge in [-0.25, -0.2) is 4.98 Å². The normalized spacial score (nSPS) is 9.81. The second-order valence-electron chi connectivity index (χ2n) is 3.59. The fourth-order valence-electron chi connectivity index (χ4n) is 1.36. The summed E-state index contributed by atoms with van der Waals surface area (Å²) in [5.74, 6) is 0.680. The summed E-state index contributed by atoms with van der Waals surface area (Å²) >= 11 is 0. The molecule has 1 N–H and O–H groups in total. The van der Waals surface area contributed by atoms with Crippen LogP contribution in [0.4, 0.5) is 5.82 Å². The first-order valence-corrected chi connectivity index (χ1v) is 5.38. The van der Waals surface area contributed by atoms with Crippen LogP contribution in [0, 0.1) is 18.3 Å². The fourth-order valence-corrected chi connectivity index (χ4v) is 1.36. The van der Waals surface area contributed by atoms with Crippen LogP contribution in [0.1, 0.15) is 24.1 Å². The van der Waals surface area contributed by atoms with Crippen LogP contribution in [0.5, 0.6) is 0 Å². The van der Waals surface area contributed by atoms with Gasteiger partial charge in [-0.1, -0.05) is 0 Å². The van der Waals surface area contributed by atoms with Gasteiger partial charge >= 0.3 is 0 Å². The molecule has 0 saturated carbocycles. The number of pyridine rings is 1. The molecule has 0 aliphatic carbocycles. The van der Waals surface area contributed by atoms with E-state index >= 15 is 0 Å². The summed E-state index contributed by atoms with van der Waals surface area (Å²) in [7, 11) is 1.70. The minimum atomic E-state index is 0.595. The smallest absolute Gasteiger partial charge is 0.144 e. The van der Waals surface area contributed by atoms with Gasteiger partial charge in [-0.3, -0.25) is 0 Å². The highest BCUT2D eigenvalue weighted by Gasteiger charge is 2.02. The third-order valence-corrected chi connectivity index (χ3v) is 2.22. The highest BCUT2D eigenvalue weighted by atomic mass is 16.5. The topological polar surface area (TPSA) is 57.9 Å². The molecule has 0 saturated heterocycles. The molecular formula is C12H17N3O. The van der Waals surface area contributed by atoms with Crippen molar-refractivity contribution in [3.8, 4) is 6.07 Å². The van der Waals surface area contributed by atoms with E-state index in [0.29, 0.717) is 11.4 Å². The van der Waals surface area contributed by atoms with Crippen molar-refractivity contribution in [1.82, 2.24) is 4.98 Å². The second-order valence-corrected chi connectivity index (χ2v) is 3.59. The van der Waals surface area contributed by atoms with Crippen molar-refractivity contribution in [2.75, 3.05) is 25.6 Å². The van der Waals surface area contributed by atoms with Crippen LogP contribution in [-0.4, -0.2) is 25.2 Å². The third-order valence-electron chi connectivity index (χ3n) is 2.22. The van der Waals surface area contributed by atoms with Crippen LogP contribution >= 0.6 is 0 Å². The summed E-state index contributed by atoms with van der Waals surface area (Å²) in [4.78, 5) is 4.30. The summed E-state index contributed by atoms with van der Waals surface area (Å²) in [5, 5.41) is 12.1. The van der Waals surface area contributed by atoms with Gasteiger partial charge in [0.2, 0.25) is 0 Å². The van der Waals surface area contributed by atoms with Gasteiger partial charge in [0.05, 0.1) is 5.56 Å². The molecule has 0 radical (unpaired) electrons. The zero-order valence-corrected chi connectivity index (χ0v) is 9.79. The van der Waals surface area contributed by atoms with Gasteiger partial charge in [0, 0.05) is 26.0 Å². The number of anilines is 1. The number of unbranched alkanes of at least 4 members (excludes halogenated alkanes) is 1. The van der Waals surface area contributed by atoms with E-state index in [1.165, 1.54) is 0 Å². The Labute approximate surface area is 96.3 Å². The Morgan fingerprint density at radius 1 is 1.44 bits per heavy atom. The molecule has 0 aliphatic heterocycles. The first kappa shape index (κ1) is 12.5. The quantitative estimate of drug-likeness (QED) is 0.744. The molecule has 0 unspecified atom stereocenters. The molecule has 0 aromatic carbocycles. The summed E-state index contributed by atoms with van der Waals surface area (Å²) < 4.78 is 4.96. The number of nitrogens with zero attached hydrogens (tertiary/aromatic N) is 2. The minimum Gasteiger partial charge on any atom is -0.385 e. The predicted octanol–water partition coefficient (Wildman–Crippen LogP) is 2.10. The van der Waals surface area contributed by atoms with Crippen molar-refractivity contribution in [2.45, 2.75) is 19.8 Å². The summed E-state index contributed by atoms with van der Waals surface area (Å²) in [6, 6.07) is 5.76. The van der Waals surface area contributed by atoms with Crippen molar-refractivity contribution >= 4 is 5.82 Å². The zero-order chi connectivity index (χ0) is 11.8. The predicted molar refractivity (Wildman–Crippen MR) is 63.3 cm³/mol. The lowest BCUT2D eigenvalue weighted by Gasteiger charge is -2.07. The van der Waals surface area contributed by atoms with E-state index in [1.54, 1.807) is 13.2 Å². The van der Waals surface area contributed by atoms with Crippen molar-refractivity contribution in [3.63, 3.8) is 0 Å². The van der Waals surface area contributed by atoms with Gasteiger partial charge in [-0.2, -0.15) is 5.26 Å². The molecule has 0 atom stereocenters. The molecule has 1 heterocycles. The van der Waals surface area contributed by atoms with E-state index in [0.717, 1.165) is 31.7 Å². The number of hydrogen-bond donors (Lipinski definition) is 1. The highest BCUT2D eigenvalue weighted by Crippen LogP contribution is 2.12. The number of nitrogens with one attached hydrogen (secondary N) is 1. The largest absolute Gasteiger partial charge is 0.385 e. The average molecular weight is 219 g/mol. The monoisotopic (exact) mass is 219 g/mol.